The molecule has 0 aliphatic heterocycles. The Morgan fingerprint density at radius 2 is 2.05 bits per heavy atom. The van der Waals surface area contributed by atoms with Gasteiger partial charge in [0.2, 0.25) is 0 Å². The molecule has 2 aromatic rings. The van der Waals surface area contributed by atoms with Crippen molar-refractivity contribution >= 4 is 10.8 Å². The van der Waals surface area contributed by atoms with Gasteiger partial charge in [-0.3, -0.25) is 4.98 Å². The normalized spacial score (nSPS) is 12.7. The van der Waals surface area contributed by atoms with Gasteiger partial charge in [-0.2, -0.15) is 0 Å². The summed E-state index contributed by atoms with van der Waals surface area (Å²) in [7, 11) is 1.69. The van der Waals surface area contributed by atoms with Crippen molar-refractivity contribution in [2.75, 3.05) is 33.5 Å². The van der Waals surface area contributed by atoms with Crippen molar-refractivity contribution in [3.63, 3.8) is 0 Å². The quantitative estimate of drug-likeness (QED) is 0.721. The van der Waals surface area contributed by atoms with Crippen molar-refractivity contribution in [2.45, 2.75) is 19.4 Å². The van der Waals surface area contributed by atoms with Crippen LogP contribution in [0.15, 0.2) is 36.7 Å². The number of hydrogen-bond acceptors (Lipinski definition) is 4. The summed E-state index contributed by atoms with van der Waals surface area (Å²) < 4.78 is 10.7. The van der Waals surface area contributed by atoms with Gasteiger partial charge in [-0.05, 0) is 23.9 Å². The lowest BCUT2D eigenvalue weighted by molar-refractivity contribution is 0.0587. The van der Waals surface area contributed by atoms with Gasteiger partial charge in [0, 0.05) is 24.9 Å². The highest BCUT2D eigenvalue weighted by Crippen LogP contribution is 2.23. The molecule has 0 saturated heterocycles. The van der Waals surface area contributed by atoms with E-state index < -0.39 is 0 Å². The molecule has 21 heavy (non-hydrogen) atoms. The Labute approximate surface area is 126 Å². The van der Waals surface area contributed by atoms with Gasteiger partial charge in [0.1, 0.15) is 0 Å². The third-order valence-electron chi connectivity index (χ3n) is 3.43. The summed E-state index contributed by atoms with van der Waals surface area (Å²) in [4.78, 5) is 4.37. The predicted molar refractivity (Wildman–Crippen MR) is 85.5 cm³/mol. The summed E-state index contributed by atoms with van der Waals surface area (Å²) in [6.07, 6.45) is 4.93. The Morgan fingerprint density at radius 1 is 1.19 bits per heavy atom. The van der Waals surface area contributed by atoms with E-state index >= 15 is 0 Å². The maximum absolute atomic E-state index is 5.72. The number of hydrogen-bond donors (Lipinski definition) is 1. The fourth-order valence-electron chi connectivity index (χ4n) is 2.34. The average molecular weight is 288 g/mol. The SMILES string of the molecule is CCCNC(COCCOC)c1cncc2ccccc12. The Morgan fingerprint density at radius 3 is 2.86 bits per heavy atom. The lowest BCUT2D eigenvalue weighted by atomic mass is 10.0. The van der Waals surface area contributed by atoms with Crippen LogP contribution in [0, 0.1) is 0 Å². The molecule has 4 nitrogen and oxygen atoms in total. The fourth-order valence-corrected chi connectivity index (χ4v) is 2.34. The predicted octanol–water partition coefficient (Wildman–Crippen LogP) is 2.94. The van der Waals surface area contributed by atoms with Gasteiger partial charge < -0.3 is 14.8 Å². The molecule has 0 fully saturated rings. The first-order valence-corrected chi connectivity index (χ1v) is 7.49. The number of ether oxygens (including phenoxy) is 2. The summed E-state index contributed by atoms with van der Waals surface area (Å²) in [5, 5.41) is 5.94. The molecule has 0 aliphatic rings. The lowest BCUT2D eigenvalue weighted by Gasteiger charge is -2.20. The molecule has 114 valence electrons. The number of rotatable bonds is 9. The van der Waals surface area contributed by atoms with Crippen LogP contribution in [0.4, 0.5) is 0 Å². The number of nitrogens with zero attached hydrogens (tertiary/aromatic N) is 1. The van der Waals surface area contributed by atoms with E-state index in [4.69, 9.17) is 9.47 Å². The Hall–Kier alpha value is -1.49. The first-order chi connectivity index (χ1) is 10.4. The van der Waals surface area contributed by atoms with Crippen molar-refractivity contribution in [1.82, 2.24) is 10.3 Å². The van der Waals surface area contributed by atoms with E-state index in [0.717, 1.165) is 18.4 Å². The van der Waals surface area contributed by atoms with E-state index in [-0.39, 0.29) is 6.04 Å². The van der Waals surface area contributed by atoms with Gasteiger partial charge >= 0.3 is 0 Å². The molecule has 0 spiro atoms. The maximum atomic E-state index is 5.72. The summed E-state index contributed by atoms with van der Waals surface area (Å²) in [5.74, 6) is 0. The fraction of sp³-hybridized carbons (Fsp3) is 0.471. The van der Waals surface area contributed by atoms with Crippen LogP contribution in [0.1, 0.15) is 24.9 Å². The highest BCUT2D eigenvalue weighted by atomic mass is 16.5. The summed E-state index contributed by atoms with van der Waals surface area (Å²) >= 11 is 0. The molecule has 0 saturated carbocycles. The molecule has 0 radical (unpaired) electrons. The second-order valence-corrected chi connectivity index (χ2v) is 5.02. The second kappa shape index (κ2) is 8.72. The standard InChI is InChI=1S/C17H24N2O2/c1-3-8-19-17(13-21-10-9-20-2)16-12-18-11-14-6-4-5-7-15(14)16/h4-7,11-12,17,19H,3,8-10,13H2,1-2H3. The molecule has 4 heteroatoms. The molecule has 1 aromatic heterocycles. The lowest BCUT2D eigenvalue weighted by Crippen LogP contribution is -2.27. The largest absolute Gasteiger partial charge is 0.382 e. The van der Waals surface area contributed by atoms with Crippen LogP contribution in [0.5, 0.6) is 0 Å². The number of aromatic nitrogens is 1. The molecule has 2 rings (SSSR count). The van der Waals surface area contributed by atoms with Crippen molar-refractivity contribution in [3.05, 3.63) is 42.2 Å². The number of pyridine rings is 1. The van der Waals surface area contributed by atoms with Gasteiger partial charge in [-0.1, -0.05) is 31.2 Å². The number of fused-ring (bicyclic) bond motifs is 1. The molecule has 0 aliphatic carbocycles. The molecule has 1 heterocycles. The maximum Gasteiger partial charge on any atom is 0.0701 e. The first-order valence-electron chi connectivity index (χ1n) is 7.49. The zero-order chi connectivity index (χ0) is 14.9. The van der Waals surface area contributed by atoms with Gasteiger partial charge in [0.05, 0.1) is 25.9 Å². The van der Waals surface area contributed by atoms with Gasteiger partial charge in [-0.15, -0.1) is 0 Å². The molecule has 0 bridgehead atoms. The summed E-state index contributed by atoms with van der Waals surface area (Å²) in [6, 6.07) is 8.49. The Bertz CT molecular complexity index is 540. The molecular formula is C17H24N2O2. The second-order valence-electron chi connectivity index (χ2n) is 5.02. The van der Waals surface area contributed by atoms with Crippen LogP contribution in [-0.2, 0) is 9.47 Å². The first kappa shape index (κ1) is 15.9. The molecule has 0 amide bonds. The highest BCUT2D eigenvalue weighted by Gasteiger charge is 2.14. The van der Waals surface area contributed by atoms with Crippen molar-refractivity contribution in [3.8, 4) is 0 Å². The van der Waals surface area contributed by atoms with Crippen molar-refractivity contribution < 1.29 is 9.47 Å². The molecule has 1 N–H and O–H groups in total. The number of benzene rings is 1. The van der Waals surface area contributed by atoms with Gasteiger partial charge in [0.25, 0.3) is 0 Å². The Kier molecular flexibility index (Phi) is 6.60. The summed E-state index contributed by atoms with van der Waals surface area (Å²) in [6.45, 7) is 4.98. The van der Waals surface area contributed by atoms with E-state index in [1.165, 1.54) is 10.9 Å². The topological polar surface area (TPSA) is 43.4 Å². The van der Waals surface area contributed by atoms with Crippen molar-refractivity contribution in [1.29, 1.82) is 0 Å². The highest BCUT2D eigenvalue weighted by molar-refractivity contribution is 5.85. The van der Waals surface area contributed by atoms with Crippen LogP contribution in [0.3, 0.4) is 0 Å². The van der Waals surface area contributed by atoms with Crippen LogP contribution in [0.25, 0.3) is 10.8 Å². The minimum atomic E-state index is 0.153. The van der Waals surface area contributed by atoms with Crippen LogP contribution in [-0.4, -0.2) is 38.5 Å². The van der Waals surface area contributed by atoms with Crippen LogP contribution < -0.4 is 5.32 Å². The summed E-state index contributed by atoms with van der Waals surface area (Å²) in [5.41, 5.74) is 1.19. The van der Waals surface area contributed by atoms with Crippen LogP contribution >= 0.6 is 0 Å². The molecule has 1 aromatic carbocycles. The number of methoxy groups -OCH3 is 1. The average Bonchev–Trinajstić information content (AvgIpc) is 2.54. The third-order valence-corrected chi connectivity index (χ3v) is 3.43. The van der Waals surface area contributed by atoms with E-state index in [9.17, 15) is 0 Å². The molecular weight excluding hydrogens is 264 g/mol. The van der Waals surface area contributed by atoms with Crippen molar-refractivity contribution in [2.24, 2.45) is 0 Å². The van der Waals surface area contributed by atoms with E-state index in [1.807, 2.05) is 18.5 Å². The van der Waals surface area contributed by atoms with Gasteiger partial charge in [0.15, 0.2) is 0 Å². The van der Waals surface area contributed by atoms with Gasteiger partial charge in [-0.25, -0.2) is 0 Å². The van der Waals surface area contributed by atoms with E-state index in [2.05, 4.69) is 35.4 Å². The zero-order valence-corrected chi connectivity index (χ0v) is 12.8. The van der Waals surface area contributed by atoms with E-state index in [0.29, 0.717) is 19.8 Å². The zero-order valence-electron chi connectivity index (χ0n) is 12.8. The number of nitrogens with one attached hydrogen (secondary N) is 1. The Balaban J connectivity index is 2.17. The van der Waals surface area contributed by atoms with Crippen LogP contribution in [0.2, 0.25) is 0 Å². The smallest absolute Gasteiger partial charge is 0.0701 e. The monoisotopic (exact) mass is 288 g/mol. The molecule has 1 atom stereocenters. The van der Waals surface area contributed by atoms with E-state index in [1.54, 1.807) is 7.11 Å². The molecule has 1 unspecified atom stereocenters. The minimum Gasteiger partial charge on any atom is -0.382 e. The third kappa shape index (κ3) is 4.49. The minimum absolute atomic E-state index is 0.153.